The topological polar surface area (TPSA) is 72.2 Å². The van der Waals surface area contributed by atoms with Crippen LogP contribution in [0.5, 0.6) is 0 Å². The Morgan fingerprint density at radius 3 is 2.41 bits per heavy atom. The first kappa shape index (κ1) is 14.0. The first-order valence-corrected chi connectivity index (χ1v) is 6.95. The van der Waals surface area contributed by atoms with E-state index in [1.807, 2.05) is 18.2 Å². The number of carbonyl (C=O) groups excluding carboxylic acids is 1. The van der Waals surface area contributed by atoms with Crippen molar-refractivity contribution in [2.75, 3.05) is 0 Å². The van der Waals surface area contributed by atoms with Crippen LogP contribution in [0.1, 0.15) is 28.5 Å². The number of carboxylic acid groups (broad SMARTS) is 1. The second-order valence-corrected chi connectivity index (χ2v) is 4.96. The molecule has 1 heterocycles. The Kier molecular flexibility index (Phi) is 3.47. The lowest BCUT2D eigenvalue weighted by molar-refractivity contribution is 0.0696. The van der Waals surface area contributed by atoms with Gasteiger partial charge in [-0.15, -0.1) is 0 Å². The first-order valence-electron chi connectivity index (χ1n) is 6.95. The van der Waals surface area contributed by atoms with Crippen molar-refractivity contribution >= 4 is 22.8 Å². The van der Waals surface area contributed by atoms with Crippen LogP contribution in [0.3, 0.4) is 0 Å². The lowest BCUT2D eigenvalue weighted by atomic mass is 10.0. The summed E-state index contributed by atoms with van der Waals surface area (Å²) in [5.41, 5.74) is 2.90. The van der Waals surface area contributed by atoms with E-state index in [9.17, 15) is 9.59 Å². The summed E-state index contributed by atoms with van der Waals surface area (Å²) in [6, 6.07) is 12.4. The zero-order valence-electron chi connectivity index (χ0n) is 12.0. The van der Waals surface area contributed by atoms with Crippen molar-refractivity contribution < 1.29 is 14.7 Å². The van der Waals surface area contributed by atoms with Gasteiger partial charge in [0.05, 0.1) is 17.3 Å². The Morgan fingerprint density at radius 2 is 1.77 bits per heavy atom. The number of fused-ring (bicyclic) bond motifs is 1. The van der Waals surface area contributed by atoms with Gasteiger partial charge in [-0.3, -0.25) is 4.79 Å². The predicted molar refractivity (Wildman–Crippen MR) is 83.0 cm³/mol. The highest BCUT2D eigenvalue weighted by Crippen LogP contribution is 2.25. The van der Waals surface area contributed by atoms with E-state index in [0.717, 1.165) is 22.0 Å². The Hall–Kier alpha value is -2.95. The van der Waals surface area contributed by atoms with Gasteiger partial charge in [0, 0.05) is 11.8 Å². The molecule has 0 saturated heterocycles. The minimum Gasteiger partial charge on any atom is -0.478 e. The fourth-order valence-electron chi connectivity index (χ4n) is 2.37. The van der Waals surface area contributed by atoms with Crippen LogP contribution in [0, 0.1) is 0 Å². The molecule has 5 nitrogen and oxygen atoms in total. The van der Waals surface area contributed by atoms with E-state index in [1.54, 1.807) is 37.4 Å². The van der Waals surface area contributed by atoms with E-state index in [0.29, 0.717) is 6.42 Å². The molecular formula is C17H14N2O3. The molecule has 3 rings (SSSR count). The van der Waals surface area contributed by atoms with Crippen LogP contribution < -0.4 is 0 Å². The smallest absolute Gasteiger partial charge is 0.335 e. The summed E-state index contributed by atoms with van der Waals surface area (Å²) >= 11 is 0. The van der Waals surface area contributed by atoms with E-state index in [2.05, 4.69) is 5.10 Å². The number of benzene rings is 2. The van der Waals surface area contributed by atoms with Gasteiger partial charge >= 0.3 is 5.97 Å². The van der Waals surface area contributed by atoms with Crippen molar-refractivity contribution in [2.45, 2.75) is 13.3 Å². The number of nitrogens with zero attached hydrogens (tertiary/aromatic N) is 2. The highest BCUT2D eigenvalue weighted by Gasteiger charge is 2.10. The average Bonchev–Trinajstić information content (AvgIpc) is 2.97. The molecule has 0 unspecified atom stereocenters. The van der Waals surface area contributed by atoms with E-state index < -0.39 is 5.97 Å². The largest absolute Gasteiger partial charge is 0.478 e. The molecule has 1 N–H and O–H groups in total. The Morgan fingerprint density at radius 1 is 1.09 bits per heavy atom. The number of rotatable bonds is 3. The van der Waals surface area contributed by atoms with Crippen molar-refractivity contribution in [1.82, 2.24) is 9.78 Å². The van der Waals surface area contributed by atoms with Crippen molar-refractivity contribution in [2.24, 2.45) is 0 Å². The maximum atomic E-state index is 11.8. The maximum absolute atomic E-state index is 11.8. The van der Waals surface area contributed by atoms with E-state index in [4.69, 9.17) is 5.11 Å². The van der Waals surface area contributed by atoms with Crippen LogP contribution in [-0.4, -0.2) is 26.8 Å². The third-order valence-electron chi connectivity index (χ3n) is 3.57. The maximum Gasteiger partial charge on any atom is 0.335 e. The number of aromatic carboxylic acids is 1. The van der Waals surface area contributed by atoms with Crippen molar-refractivity contribution in [3.05, 3.63) is 54.2 Å². The second-order valence-electron chi connectivity index (χ2n) is 4.96. The molecular weight excluding hydrogens is 280 g/mol. The van der Waals surface area contributed by atoms with Crippen LogP contribution in [0.4, 0.5) is 0 Å². The van der Waals surface area contributed by atoms with Gasteiger partial charge in [-0.25, -0.2) is 9.48 Å². The number of aromatic nitrogens is 2. The van der Waals surface area contributed by atoms with Crippen LogP contribution in [-0.2, 0) is 0 Å². The monoisotopic (exact) mass is 294 g/mol. The summed E-state index contributed by atoms with van der Waals surface area (Å²) in [5.74, 6) is -0.991. The van der Waals surface area contributed by atoms with Gasteiger partial charge in [0.25, 0.3) is 0 Å². The minimum atomic E-state index is -0.943. The molecule has 0 aliphatic carbocycles. The van der Waals surface area contributed by atoms with Crippen molar-refractivity contribution in [3.63, 3.8) is 0 Å². The van der Waals surface area contributed by atoms with Gasteiger partial charge < -0.3 is 5.11 Å². The summed E-state index contributed by atoms with van der Waals surface area (Å²) in [5, 5.41) is 13.9. The molecule has 5 heteroatoms. The fraction of sp³-hybridized carbons (Fsp3) is 0.118. The standard InChI is InChI=1S/C17H14N2O3/c1-2-16(20)19-15-8-7-13(9-14(15)10-18-19)11-3-5-12(6-4-11)17(21)22/h3-10H,2H2,1H3,(H,21,22). The lowest BCUT2D eigenvalue weighted by Crippen LogP contribution is -2.09. The fourth-order valence-corrected chi connectivity index (χ4v) is 2.37. The van der Waals surface area contributed by atoms with Crippen molar-refractivity contribution in [3.8, 4) is 11.1 Å². The Balaban J connectivity index is 2.02. The zero-order chi connectivity index (χ0) is 15.7. The number of hydrogen-bond acceptors (Lipinski definition) is 3. The summed E-state index contributed by atoms with van der Waals surface area (Å²) < 4.78 is 1.41. The third-order valence-corrected chi connectivity index (χ3v) is 3.57. The summed E-state index contributed by atoms with van der Waals surface area (Å²) in [6.45, 7) is 1.80. The Labute approximate surface area is 126 Å². The SMILES string of the molecule is CCC(=O)n1ncc2cc(-c3ccc(C(=O)O)cc3)ccc21. The molecule has 0 atom stereocenters. The van der Waals surface area contributed by atoms with Gasteiger partial charge in [-0.05, 0) is 35.4 Å². The molecule has 22 heavy (non-hydrogen) atoms. The summed E-state index contributed by atoms with van der Waals surface area (Å²) in [7, 11) is 0. The highest BCUT2D eigenvalue weighted by molar-refractivity contribution is 5.93. The molecule has 0 amide bonds. The van der Waals surface area contributed by atoms with Crippen LogP contribution in [0.25, 0.3) is 22.0 Å². The Bertz CT molecular complexity index is 863. The van der Waals surface area contributed by atoms with E-state index in [-0.39, 0.29) is 11.5 Å². The zero-order valence-corrected chi connectivity index (χ0v) is 12.0. The highest BCUT2D eigenvalue weighted by atomic mass is 16.4. The molecule has 0 aliphatic rings. The van der Waals surface area contributed by atoms with Crippen LogP contribution in [0.15, 0.2) is 48.7 Å². The van der Waals surface area contributed by atoms with E-state index in [1.165, 1.54) is 4.68 Å². The van der Waals surface area contributed by atoms with Crippen LogP contribution >= 0.6 is 0 Å². The summed E-state index contributed by atoms with van der Waals surface area (Å²) in [6.07, 6.45) is 2.06. The minimum absolute atomic E-state index is 0.0476. The van der Waals surface area contributed by atoms with Gasteiger partial charge in [-0.1, -0.05) is 25.1 Å². The molecule has 0 aliphatic heterocycles. The molecule has 0 fully saturated rings. The third kappa shape index (κ3) is 2.37. The van der Waals surface area contributed by atoms with E-state index >= 15 is 0 Å². The number of carbonyl (C=O) groups is 2. The molecule has 3 aromatic rings. The van der Waals surface area contributed by atoms with Gasteiger partial charge in [0.1, 0.15) is 0 Å². The molecule has 110 valence electrons. The average molecular weight is 294 g/mol. The lowest BCUT2D eigenvalue weighted by Gasteiger charge is -2.04. The summed E-state index contributed by atoms with van der Waals surface area (Å²) in [4.78, 5) is 22.7. The number of carboxylic acids is 1. The predicted octanol–water partition coefficient (Wildman–Crippen LogP) is 3.45. The molecule has 1 aromatic heterocycles. The van der Waals surface area contributed by atoms with Crippen molar-refractivity contribution in [1.29, 1.82) is 0 Å². The number of hydrogen-bond donors (Lipinski definition) is 1. The quantitative estimate of drug-likeness (QED) is 0.803. The normalized spacial score (nSPS) is 10.8. The van der Waals surface area contributed by atoms with Gasteiger partial charge in [-0.2, -0.15) is 5.10 Å². The second kappa shape index (κ2) is 5.44. The molecule has 2 aromatic carbocycles. The molecule has 0 saturated carbocycles. The van der Waals surface area contributed by atoms with Crippen LogP contribution in [0.2, 0.25) is 0 Å². The molecule has 0 spiro atoms. The molecule has 0 radical (unpaired) electrons. The molecule has 0 bridgehead atoms. The van der Waals surface area contributed by atoms with Gasteiger partial charge in [0.15, 0.2) is 0 Å². The first-order chi connectivity index (χ1) is 10.6. The van der Waals surface area contributed by atoms with Gasteiger partial charge in [0.2, 0.25) is 5.91 Å².